The first-order valence-corrected chi connectivity index (χ1v) is 6.88. The van der Waals surface area contributed by atoms with Gasteiger partial charge in [-0.05, 0) is 29.0 Å². The van der Waals surface area contributed by atoms with Crippen molar-refractivity contribution in [3.8, 4) is 5.75 Å². The molecule has 18 heavy (non-hydrogen) atoms. The Hall–Kier alpha value is -1.42. The molecular weight excluding hydrogens is 248 g/mol. The molecule has 0 fully saturated rings. The Labute approximate surface area is 112 Å². The van der Waals surface area contributed by atoms with E-state index in [1.807, 2.05) is 36.0 Å². The fraction of sp³-hybridized carbons (Fsp3) is 0.357. The van der Waals surface area contributed by atoms with Crippen LogP contribution in [0.1, 0.15) is 19.4 Å². The lowest BCUT2D eigenvalue weighted by molar-refractivity contribution is -0.131. The Kier molecular flexibility index (Phi) is 6.36. The van der Waals surface area contributed by atoms with Gasteiger partial charge in [0.25, 0.3) is 0 Å². The minimum Gasteiger partial charge on any atom is -0.493 e. The molecule has 98 valence electrons. The van der Waals surface area contributed by atoms with E-state index in [1.165, 1.54) is 0 Å². The first-order chi connectivity index (χ1) is 8.58. The second-order valence-corrected chi connectivity index (χ2v) is 5.70. The maximum atomic E-state index is 10.4. The monoisotopic (exact) mass is 266 g/mol. The molecule has 0 aliphatic rings. The van der Waals surface area contributed by atoms with Gasteiger partial charge in [-0.15, -0.1) is 0 Å². The summed E-state index contributed by atoms with van der Waals surface area (Å²) in [6, 6.07) is 7.40. The predicted molar refractivity (Wildman–Crippen MR) is 76.2 cm³/mol. The zero-order valence-electron chi connectivity index (χ0n) is 10.6. The molecule has 0 unspecified atom stereocenters. The van der Waals surface area contributed by atoms with E-state index in [-0.39, 0.29) is 0 Å². The number of ether oxygens (including phenoxy) is 1. The van der Waals surface area contributed by atoms with Crippen LogP contribution in [0.15, 0.2) is 30.3 Å². The van der Waals surface area contributed by atoms with Crippen LogP contribution in [0.25, 0.3) is 6.08 Å². The first kappa shape index (κ1) is 14.6. The van der Waals surface area contributed by atoms with Crippen LogP contribution < -0.4 is 4.74 Å². The minimum absolute atomic E-state index is 0.610. The molecule has 1 aromatic carbocycles. The normalized spacial score (nSPS) is 11.1. The number of hydrogen-bond donors (Lipinski definition) is 1. The molecule has 1 N–H and O–H groups in total. The molecule has 0 spiro atoms. The van der Waals surface area contributed by atoms with Crippen molar-refractivity contribution in [2.75, 3.05) is 12.4 Å². The fourth-order valence-corrected chi connectivity index (χ4v) is 1.97. The van der Waals surface area contributed by atoms with E-state index in [9.17, 15) is 4.79 Å². The smallest absolute Gasteiger partial charge is 0.328 e. The highest BCUT2D eigenvalue weighted by atomic mass is 32.2. The summed E-state index contributed by atoms with van der Waals surface area (Å²) in [5.41, 5.74) is 0.825. The Bertz CT molecular complexity index is 413. The van der Waals surface area contributed by atoms with E-state index in [0.29, 0.717) is 11.9 Å². The van der Waals surface area contributed by atoms with Crippen LogP contribution in [0.4, 0.5) is 0 Å². The third-order valence-electron chi connectivity index (χ3n) is 2.08. The molecule has 0 aliphatic carbocycles. The SMILES string of the molecule is CC(C)SCCOc1cccc(C=CC(=O)O)c1. The molecular formula is C14H18O3S. The molecule has 0 amide bonds. The molecule has 0 bridgehead atoms. The van der Waals surface area contributed by atoms with Crippen molar-refractivity contribution in [3.63, 3.8) is 0 Å². The molecule has 4 heteroatoms. The summed E-state index contributed by atoms with van der Waals surface area (Å²) in [4.78, 5) is 10.4. The molecule has 1 rings (SSSR count). The van der Waals surface area contributed by atoms with Crippen LogP contribution in [0, 0.1) is 0 Å². The summed E-state index contributed by atoms with van der Waals surface area (Å²) in [5.74, 6) is 0.772. The average Bonchev–Trinajstić information content (AvgIpc) is 2.32. The van der Waals surface area contributed by atoms with Crippen LogP contribution in [0.3, 0.4) is 0 Å². The molecule has 0 aromatic heterocycles. The van der Waals surface area contributed by atoms with Crippen molar-refractivity contribution in [1.82, 2.24) is 0 Å². The number of thioether (sulfide) groups is 1. The second kappa shape index (κ2) is 7.82. The van der Waals surface area contributed by atoms with Gasteiger partial charge in [0, 0.05) is 11.8 Å². The van der Waals surface area contributed by atoms with E-state index in [1.54, 1.807) is 6.08 Å². The van der Waals surface area contributed by atoms with Crippen molar-refractivity contribution < 1.29 is 14.6 Å². The molecule has 0 saturated carbocycles. The van der Waals surface area contributed by atoms with E-state index < -0.39 is 5.97 Å². The van der Waals surface area contributed by atoms with Crippen LogP contribution in [0.5, 0.6) is 5.75 Å². The predicted octanol–water partition coefficient (Wildman–Crippen LogP) is 3.30. The van der Waals surface area contributed by atoms with Gasteiger partial charge < -0.3 is 9.84 Å². The van der Waals surface area contributed by atoms with Gasteiger partial charge in [-0.25, -0.2) is 4.79 Å². The maximum absolute atomic E-state index is 10.4. The summed E-state index contributed by atoms with van der Waals surface area (Å²) in [7, 11) is 0. The van der Waals surface area contributed by atoms with Gasteiger partial charge in [-0.2, -0.15) is 11.8 Å². The van der Waals surface area contributed by atoms with E-state index in [0.717, 1.165) is 23.1 Å². The third-order valence-corrected chi connectivity index (χ3v) is 3.15. The minimum atomic E-state index is -0.949. The van der Waals surface area contributed by atoms with Gasteiger partial charge in [0.1, 0.15) is 5.75 Å². The average molecular weight is 266 g/mol. The number of carboxylic acids is 1. The number of benzene rings is 1. The summed E-state index contributed by atoms with van der Waals surface area (Å²) in [6.45, 7) is 4.97. The van der Waals surface area contributed by atoms with Crippen molar-refractivity contribution in [2.24, 2.45) is 0 Å². The summed E-state index contributed by atoms with van der Waals surface area (Å²) in [5, 5.41) is 9.16. The zero-order valence-corrected chi connectivity index (χ0v) is 11.4. The van der Waals surface area contributed by atoms with Gasteiger partial charge in [-0.3, -0.25) is 0 Å². The van der Waals surface area contributed by atoms with E-state index in [2.05, 4.69) is 13.8 Å². The second-order valence-electron chi connectivity index (χ2n) is 4.01. The summed E-state index contributed by atoms with van der Waals surface area (Å²) >= 11 is 1.85. The lowest BCUT2D eigenvalue weighted by Gasteiger charge is -2.08. The van der Waals surface area contributed by atoms with Gasteiger partial charge in [0.15, 0.2) is 0 Å². The van der Waals surface area contributed by atoms with Crippen LogP contribution in [0.2, 0.25) is 0 Å². The highest BCUT2D eigenvalue weighted by Gasteiger charge is 1.97. The Morgan fingerprint density at radius 2 is 2.28 bits per heavy atom. The molecule has 0 atom stereocenters. The van der Waals surface area contributed by atoms with Gasteiger partial charge in [-0.1, -0.05) is 26.0 Å². The number of carboxylic acid groups (broad SMARTS) is 1. The topological polar surface area (TPSA) is 46.5 Å². The third kappa shape index (κ3) is 6.35. The number of hydrogen-bond acceptors (Lipinski definition) is 3. The Morgan fingerprint density at radius 1 is 1.50 bits per heavy atom. The highest BCUT2D eigenvalue weighted by molar-refractivity contribution is 7.99. The van der Waals surface area contributed by atoms with Crippen molar-refractivity contribution in [1.29, 1.82) is 0 Å². The zero-order chi connectivity index (χ0) is 13.4. The molecule has 0 aliphatic heterocycles. The van der Waals surface area contributed by atoms with Crippen molar-refractivity contribution in [2.45, 2.75) is 19.1 Å². The first-order valence-electron chi connectivity index (χ1n) is 5.83. The Morgan fingerprint density at radius 3 is 2.94 bits per heavy atom. The fourth-order valence-electron chi connectivity index (χ4n) is 1.32. The van der Waals surface area contributed by atoms with E-state index in [4.69, 9.17) is 9.84 Å². The molecule has 0 saturated heterocycles. The van der Waals surface area contributed by atoms with E-state index >= 15 is 0 Å². The number of rotatable bonds is 7. The maximum Gasteiger partial charge on any atom is 0.328 e. The van der Waals surface area contributed by atoms with Gasteiger partial charge in [0.05, 0.1) is 6.61 Å². The van der Waals surface area contributed by atoms with Crippen LogP contribution in [-0.2, 0) is 4.79 Å². The van der Waals surface area contributed by atoms with Gasteiger partial charge in [0.2, 0.25) is 0 Å². The lowest BCUT2D eigenvalue weighted by Crippen LogP contribution is -2.02. The highest BCUT2D eigenvalue weighted by Crippen LogP contribution is 2.15. The van der Waals surface area contributed by atoms with Crippen molar-refractivity contribution in [3.05, 3.63) is 35.9 Å². The number of carbonyl (C=O) groups is 1. The van der Waals surface area contributed by atoms with Gasteiger partial charge >= 0.3 is 5.97 Å². The molecule has 3 nitrogen and oxygen atoms in total. The molecule has 0 radical (unpaired) electrons. The standard InChI is InChI=1S/C14H18O3S/c1-11(2)18-9-8-17-13-5-3-4-12(10-13)6-7-14(15)16/h3-7,10-11H,8-9H2,1-2H3,(H,15,16). The molecule has 1 aromatic rings. The summed E-state index contributed by atoms with van der Waals surface area (Å²) < 4.78 is 5.60. The summed E-state index contributed by atoms with van der Waals surface area (Å²) in [6.07, 6.45) is 2.67. The molecule has 0 heterocycles. The lowest BCUT2D eigenvalue weighted by atomic mass is 10.2. The quantitative estimate of drug-likeness (QED) is 0.607. The number of aliphatic carboxylic acids is 1. The van der Waals surface area contributed by atoms with Crippen LogP contribution >= 0.6 is 11.8 Å². The Balaban J connectivity index is 2.47. The van der Waals surface area contributed by atoms with Crippen molar-refractivity contribution >= 4 is 23.8 Å². The largest absolute Gasteiger partial charge is 0.493 e. The van der Waals surface area contributed by atoms with Crippen LogP contribution in [-0.4, -0.2) is 28.7 Å².